The maximum absolute atomic E-state index is 13.9. The van der Waals surface area contributed by atoms with Crippen molar-refractivity contribution in [2.24, 2.45) is 0 Å². The van der Waals surface area contributed by atoms with Crippen molar-refractivity contribution in [3.8, 4) is 11.5 Å². The molecule has 1 heterocycles. The number of sulfonamides is 1. The number of carbonyl (C=O) groups excluding carboxylic acids is 2. The smallest absolute Gasteiger partial charge is 0.264 e. The molecule has 0 saturated heterocycles. The summed E-state index contributed by atoms with van der Waals surface area (Å²) >= 11 is 0. The van der Waals surface area contributed by atoms with E-state index < -0.39 is 34.3 Å². The molecule has 0 fully saturated rings. The molecule has 1 N–H and O–H groups in total. The van der Waals surface area contributed by atoms with Gasteiger partial charge in [0.2, 0.25) is 11.8 Å². The number of fused-ring (bicyclic) bond motifs is 1. The normalized spacial score (nSPS) is 13.3. The molecule has 2 amide bonds. The van der Waals surface area contributed by atoms with Crippen molar-refractivity contribution in [3.05, 3.63) is 83.7 Å². The lowest BCUT2D eigenvalue weighted by Crippen LogP contribution is -2.51. The van der Waals surface area contributed by atoms with E-state index in [9.17, 15) is 22.4 Å². The van der Waals surface area contributed by atoms with Crippen molar-refractivity contribution in [1.82, 2.24) is 10.2 Å². The van der Waals surface area contributed by atoms with Gasteiger partial charge >= 0.3 is 0 Å². The third kappa shape index (κ3) is 6.53. The molecule has 3 aromatic rings. The van der Waals surface area contributed by atoms with Crippen LogP contribution in [0.1, 0.15) is 25.0 Å². The quantitative estimate of drug-likeness (QED) is 0.400. The summed E-state index contributed by atoms with van der Waals surface area (Å²) in [5, 5.41) is 2.72. The Morgan fingerprint density at radius 1 is 0.975 bits per heavy atom. The average molecular weight is 570 g/mol. The van der Waals surface area contributed by atoms with E-state index in [0.717, 1.165) is 27.6 Å². The molecule has 3 aromatic carbocycles. The van der Waals surface area contributed by atoms with Crippen molar-refractivity contribution in [2.75, 3.05) is 30.6 Å². The number of nitrogens with zero attached hydrogens (tertiary/aromatic N) is 2. The third-order valence-electron chi connectivity index (χ3n) is 6.49. The first kappa shape index (κ1) is 28.9. The monoisotopic (exact) mass is 569 g/mol. The van der Waals surface area contributed by atoms with Crippen LogP contribution in [0.4, 0.5) is 10.1 Å². The highest BCUT2D eigenvalue weighted by atomic mass is 32.2. The predicted octanol–water partition coefficient (Wildman–Crippen LogP) is 3.65. The maximum atomic E-state index is 13.9. The van der Waals surface area contributed by atoms with E-state index in [1.807, 2.05) is 31.2 Å². The fourth-order valence-electron chi connectivity index (χ4n) is 4.24. The van der Waals surface area contributed by atoms with Gasteiger partial charge in [0, 0.05) is 19.2 Å². The molecule has 0 bridgehead atoms. The Hall–Kier alpha value is -4.12. The van der Waals surface area contributed by atoms with Gasteiger partial charge < -0.3 is 19.7 Å². The van der Waals surface area contributed by atoms with Crippen LogP contribution in [0.15, 0.2) is 71.6 Å². The zero-order chi connectivity index (χ0) is 28.9. The fraction of sp³-hybridized carbons (Fsp3) is 0.310. The Bertz CT molecular complexity index is 1460. The summed E-state index contributed by atoms with van der Waals surface area (Å²) in [6.07, 6.45) is 0. The van der Waals surface area contributed by atoms with Crippen molar-refractivity contribution in [3.63, 3.8) is 0 Å². The van der Waals surface area contributed by atoms with Crippen molar-refractivity contribution >= 4 is 27.5 Å². The second-order valence-corrected chi connectivity index (χ2v) is 11.2. The maximum Gasteiger partial charge on any atom is 0.264 e. The lowest BCUT2D eigenvalue weighted by Gasteiger charge is -2.32. The summed E-state index contributed by atoms with van der Waals surface area (Å²) in [6.45, 7) is 5.74. The van der Waals surface area contributed by atoms with Crippen LogP contribution in [-0.2, 0) is 26.2 Å². The summed E-state index contributed by atoms with van der Waals surface area (Å²) in [4.78, 5) is 27.8. The van der Waals surface area contributed by atoms with Crippen LogP contribution in [0, 0.1) is 12.7 Å². The minimum Gasteiger partial charge on any atom is -0.486 e. The number of aryl methyl sites for hydroxylation is 1. The highest BCUT2D eigenvalue weighted by Gasteiger charge is 2.33. The van der Waals surface area contributed by atoms with E-state index in [4.69, 9.17) is 9.47 Å². The number of rotatable bonds is 10. The Morgan fingerprint density at radius 3 is 2.27 bits per heavy atom. The molecule has 40 heavy (non-hydrogen) atoms. The summed E-state index contributed by atoms with van der Waals surface area (Å²) in [6, 6.07) is 15.6. The number of likely N-dealkylation sites (N-methyl/N-ethyl adjacent to an activating group) is 1. The molecular weight excluding hydrogens is 537 g/mol. The van der Waals surface area contributed by atoms with Crippen LogP contribution in [-0.4, -0.2) is 57.5 Å². The summed E-state index contributed by atoms with van der Waals surface area (Å²) in [5.74, 6) is -0.855. The molecule has 212 valence electrons. The van der Waals surface area contributed by atoms with Gasteiger partial charge in [0.25, 0.3) is 10.0 Å². The summed E-state index contributed by atoms with van der Waals surface area (Å²) in [5.41, 5.74) is 1.90. The van der Waals surface area contributed by atoms with Gasteiger partial charge in [0.05, 0.1) is 10.6 Å². The van der Waals surface area contributed by atoms with Crippen LogP contribution < -0.4 is 19.1 Å². The second kappa shape index (κ2) is 12.4. The Morgan fingerprint density at radius 2 is 1.62 bits per heavy atom. The van der Waals surface area contributed by atoms with E-state index >= 15 is 0 Å². The standard InChI is InChI=1S/C29H32FN3O6S/c1-4-31-29(35)21(3)32(18-22-7-5-20(2)6-8-22)28(34)19-33(24-11-9-23(30)10-12-24)40(36,37)25-13-14-26-27(17-25)39-16-15-38-26/h5-14,17,21H,4,15-16,18-19H2,1-3H3,(H,31,35)/t21-/m0/s1. The molecule has 0 radical (unpaired) electrons. The van der Waals surface area contributed by atoms with E-state index in [1.54, 1.807) is 13.8 Å². The van der Waals surface area contributed by atoms with Crippen molar-refractivity contribution in [1.29, 1.82) is 0 Å². The number of amides is 2. The second-order valence-electron chi connectivity index (χ2n) is 9.37. The summed E-state index contributed by atoms with van der Waals surface area (Å²) < 4.78 is 53.6. The van der Waals surface area contributed by atoms with Gasteiger partial charge in [-0.2, -0.15) is 0 Å². The number of hydrogen-bond acceptors (Lipinski definition) is 6. The number of hydrogen-bond donors (Lipinski definition) is 1. The molecule has 9 nitrogen and oxygen atoms in total. The minimum absolute atomic E-state index is 0.0821. The van der Waals surface area contributed by atoms with Gasteiger partial charge in [-0.25, -0.2) is 12.8 Å². The highest BCUT2D eigenvalue weighted by Crippen LogP contribution is 2.34. The SMILES string of the molecule is CCNC(=O)[C@H](C)N(Cc1ccc(C)cc1)C(=O)CN(c1ccc(F)cc1)S(=O)(=O)c1ccc2c(c1)OCCO2. The molecule has 0 spiro atoms. The van der Waals surface area contributed by atoms with Gasteiger partial charge in [-0.15, -0.1) is 0 Å². The van der Waals surface area contributed by atoms with Gasteiger partial charge in [-0.1, -0.05) is 29.8 Å². The molecule has 11 heteroatoms. The zero-order valence-corrected chi connectivity index (χ0v) is 23.4. The number of halogens is 1. The first-order chi connectivity index (χ1) is 19.1. The van der Waals surface area contributed by atoms with Crippen molar-refractivity contribution < 1.29 is 31.9 Å². The van der Waals surface area contributed by atoms with Gasteiger partial charge in [0.1, 0.15) is 31.6 Å². The number of ether oxygens (including phenoxy) is 2. The molecule has 0 saturated carbocycles. The Labute approximate surface area is 233 Å². The summed E-state index contributed by atoms with van der Waals surface area (Å²) in [7, 11) is -4.34. The Kier molecular flexibility index (Phi) is 8.93. The molecule has 1 aliphatic rings. The van der Waals surface area contributed by atoms with Gasteiger partial charge in [-0.05, 0) is 62.7 Å². The first-order valence-electron chi connectivity index (χ1n) is 12.9. The largest absolute Gasteiger partial charge is 0.486 e. The molecule has 1 aliphatic heterocycles. The number of carbonyl (C=O) groups is 2. The molecule has 0 unspecified atom stereocenters. The lowest BCUT2D eigenvalue weighted by molar-refractivity contribution is -0.139. The lowest BCUT2D eigenvalue weighted by atomic mass is 10.1. The number of nitrogens with one attached hydrogen (secondary N) is 1. The van der Waals surface area contributed by atoms with E-state index in [0.29, 0.717) is 18.9 Å². The number of benzene rings is 3. The first-order valence-corrected chi connectivity index (χ1v) is 14.3. The topological polar surface area (TPSA) is 105 Å². The molecule has 0 aromatic heterocycles. The van der Waals surface area contributed by atoms with Gasteiger partial charge in [0.15, 0.2) is 11.5 Å². The molecule has 1 atom stereocenters. The third-order valence-corrected chi connectivity index (χ3v) is 8.26. The average Bonchev–Trinajstić information content (AvgIpc) is 2.95. The minimum atomic E-state index is -4.34. The van der Waals surface area contributed by atoms with E-state index in [-0.39, 0.29) is 35.4 Å². The van der Waals surface area contributed by atoms with Crippen molar-refractivity contribution in [2.45, 2.75) is 38.3 Å². The fourth-order valence-corrected chi connectivity index (χ4v) is 5.67. The molecule has 4 rings (SSSR count). The number of anilines is 1. The van der Waals surface area contributed by atoms with E-state index in [1.165, 1.54) is 35.2 Å². The zero-order valence-electron chi connectivity index (χ0n) is 22.6. The van der Waals surface area contributed by atoms with Crippen LogP contribution in [0.25, 0.3) is 0 Å². The van der Waals surface area contributed by atoms with E-state index in [2.05, 4.69) is 5.32 Å². The van der Waals surface area contributed by atoms with Crippen LogP contribution in [0.3, 0.4) is 0 Å². The predicted molar refractivity (Wildman–Crippen MR) is 148 cm³/mol. The van der Waals surface area contributed by atoms with Gasteiger partial charge in [-0.3, -0.25) is 13.9 Å². The molecular formula is C29H32FN3O6S. The van der Waals surface area contributed by atoms with Crippen LogP contribution >= 0.6 is 0 Å². The van der Waals surface area contributed by atoms with Crippen LogP contribution in [0.2, 0.25) is 0 Å². The molecule has 0 aliphatic carbocycles. The Balaban J connectivity index is 1.71. The van der Waals surface area contributed by atoms with Crippen LogP contribution in [0.5, 0.6) is 11.5 Å². The highest BCUT2D eigenvalue weighted by molar-refractivity contribution is 7.92.